The maximum Gasteiger partial charge on any atom is 0.418 e. The lowest BCUT2D eigenvalue weighted by Gasteiger charge is -2.37. The van der Waals surface area contributed by atoms with E-state index in [0.29, 0.717) is 26.2 Å². The van der Waals surface area contributed by atoms with Crippen molar-refractivity contribution in [3.63, 3.8) is 0 Å². The van der Waals surface area contributed by atoms with Crippen LogP contribution < -0.4 is 9.80 Å². The third kappa shape index (κ3) is 3.00. The molecule has 1 aromatic carbocycles. The van der Waals surface area contributed by atoms with E-state index in [1.807, 2.05) is 18.2 Å². The maximum atomic E-state index is 13.1. The molecule has 0 amide bonds. The predicted octanol–water partition coefficient (Wildman–Crippen LogP) is 3.43. The Morgan fingerprint density at radius 2 is 1.45 bits per heavy atom. The molecule has 0 radical (unpaired) electrons. The van der Waals surface area contributed by atoms with Gasteiger partial charge in [0.2, 0.25) is 0 Å². The molecule has 0 saturated carbocycles. The normalized spacial score (nSPS) is 16.0. The molecule has 1 aliphatic heterocycles. The highest BCUT2D eigenvalue weighted by Gasteiger charge is 2.35. The first-order chi connectivity index (χ1) is 10.6. The van der Waals surface area contributed by atoms with Crippen LogP contribution in [0.1, 0.15) is 5.56 Å². The Morgan fingerprint density at radius 3 is 2.09 bits per heavy atom. The number of piperazine rings is 1. The number of rotatable bonds is 2. The maximum absolute atomic E-state index is 13.1. The predicted molar refractivity (Wildman–Crippen MR) is 80.1 cm³/mol. The first-order valence-corrected chi connectivity index (χ1v) is 7.13. The molecule has 22 heavy (non-hydrogen) atoms. The number of para-hydroxylation sites is 1. The lowest BCUT2D eigenvalue weighted by atomic mass is 10.1. The summed E-state index contributed by atoms with van der Waals surface area (Å²) in [7, 11) is 0. The number of halogens is 3. The molecule has 1 aromatic heterocycles. The SMILES string of the molecule is FC(F)(F)c1ccccc1N1CCN(c2ccccn2)CC1. The smallest absolute Gasteiger partial charge is 0.367 e. The Morgan fingerprint density at radius 1 is 0.818 bits per heavy atom. The largest absolute Gasteiger partial charge is 0.418 e. The molecule has 0 spiro atoms. The summed E-state index contributed by atoms with van der Waals surface area (Å²) in [6.45, 7) is 2.40. The average molecular weight is 307 g/mol. The van der Waals surface area contributed by atoms with Gasteiger partial charge in [-0.2, -0.15) is 13.2 Å². The monoisotopic (exact) mass is 307 g/mol. The van der Waals surface area contributed by atoms with Gasteiger partial charge in [-0.05, 0) is 24.3 Å². The van der Waals surface area contributed by atoms with E-state index < -0.39 is 11.7 Å². The van der Waals surface area contributed by atoms with Crippen LogP contribution in [0.3, 0.4) is 0 Å². The van der Waals surface area contributed by atoms with Gasteiger partial charge in [-0.15, -0.1) is 0 Å². The fourth-order valence-corrected chi connectivity index (χ4v) is 2.71. The molecule has 116 valence electrons. The van der Waals surface area contributed by atoms with Crippen molar-refractivity contribution < 1.29 is 13.2 Å². The van der Waals surface area contributed by atoms with Crippen LogP contribution in [-0.2, 0) is 6.18 Å². The lowest BCUT2D eigenvalue weighted by Crippen LogP contribution is -2.47. The zero-order valence-corrected chi connectivity index (χ0v) is 11.9. The van der Waals surface area contributed by atoms with Crippen molar-refractivity contribution in [2.75, 3.05) is 36.0 Å². The summed E-state index contributed by atoms with van der Waals surface area (Å²) in [5.74, 6) is 0.867. The van der Waals surface area contributed by atoms with Crippen LogP contribution in [0.4, 0.5) is 24.7 Å². The minimum Gasteiger partial charge on any atom is -0.367 e. The highest BCUT2D eigenvalue weighted by molar-refractivity contribution is 5.56. The fourth-order valence-electron chi connectivity index (χ4n) is 2.71. The Kier molecular flexibility index (Phi) is 3.92. The Bertz CT molecular complexity index is 620. The molecule has 0 N–H and O–H groups in total. The molecule has 2 heterocycles. The second-order valence-corrected chi connectivity index (χ2v) is 5.18. The minimum absolute atomic E-state index is 0.260. The third-order valence-corrected chi connectivity index (χ3v) is 3.80. The van der Waals surface area contributed by atoms with Crippen molar-refractivity contribution in [2.45, 2.75) is 6.18 Å². The summed E-state index contributed by atoms with van der Waals surface area (Å²) in [6.07, 6.45) is -2.60. The summed E-state index contributed by atoms with van der Waals surface area (Å²) in [5, 5.41) is 0. The zero-order chi connectivity index (χ0) is 15.6. The van der Waals surface area contributed by atoms with Crippen LogP contribution >= 0.6 is 0 Å². The van der Waals surface area contributed by atoms with E-state index in [4.69, 9.17) is 0 Å². The number of nitrogens with zero attached hydrogens (tertiary/aromatic N) is 3. The first kappa shape index (κ1) is 14.7. The Balaban J connectivity index is 1.75. The van der Waals surface area contributed by atoms with Gasteiger partial charge >= 0.3 is 6.18 Å². The number of benzene rings is 1. The highest BCUT2D eigenvalue weighted by Crippen LogP contribution is 2.36. The number of alkyl halides is 3. The molecule has 0 atom stereocenters. The quantitative estimate of drug-likeness (QED) is 0.847. The average Bonchev–Trinajstić information content (AvgIpc) is 2.55. The van der Waals surface area contributed by atoms with Crippen molar-refractivity contribution in [3.05, 3.63) is 54.2 Å². The number of pyridine rings is 1. The molecule has 1 saturated heterocycles. The molecule has 2 aromatic rings. The van der Waals surface area contributed by atoms with Crippen molar-refractivity contribution in [1.82, 2.24) is 4.98 Å². The van der Waals surface area contributed by atoms with Crippen LogP contribution in [0, 0.1) is 0 Å². The van der Waals surface area contributed by atoms with Crippen LogP contribution in [0.2, 0.25) is 0 Å². The summed E-state index contributed by atoms with van der Waals surface area (Å²) < 4.78 is 39.3. The third-order valence-electron chi connectivity index (χ3n) is 3.80. The molecule has 0 unspecified atom stereocenters. The van der Waals surface area contributed by atoms with Crippen LogP contribution in [0.15, 0.2) is 48.7 Å². The second-order valence-electron chi connectivity index (χ2n) is 5.18. The van der Waals surface area contributed by atoms with E-state index in [1.165, 1.54) is 6.07 Å². The van der Waals surface area contributed by atoms with E-state index in [1.54, 1.807) is 23.2 Å². The van der Waals surface area contributed by atoms with Gasteiger partial charge in [-0.25, -0.2) is 4.98 Å². The van der Waals surface area contributed by atoms with E-state index in [-0.39, 0.29) is 5.69 Å². The molecule has 6 heteroatoms. The molecule has 3 rings (SSSR count). The topological polar surface area (TPSA) is 19.4 Å². The van der Waals surface area contributed by atoms with Gasteiger partial charge in [0.15, 0.2) is 0 Å². The number of aromatic nitrogens is 1. The number of hydrogen-bond acceptors (Lipinski definition) is 3. The van der Waals surface area contributed by atoms with Crippen molar-refractivity contribution in [2.24, 2.45) is 0 Å². The molecule has 1 aliphatic rings. The van der Waals surface area contributed by atoms with Gasteiger partial charge < -0.3 is 9.80 Å². The lowest BCUT2D eigenvalue weighted by molar-refractivity contribution is -0.137. The van der Waals surface area contributed by atoms with Gasteiger partial charge in [0.25, 0.3) is 0 Å². The summed E-state index contributed by atoms with van der Waals surface area (Å²) in [6, 6.07) is 11.4. The number of hydrogen-bond donors (Lipinski definition) is 0. The standard InChI is InChI=1S/C16H16F3N3/c17-16(18,19)13-5-1-2-6-14(13)21-9-11-22(12-10-21)15-7-3-4-8-20-15/h1-8H,9-12H2. The second kappa shape index (κ2) is 5.87. The minimum atomic E-state index is -4.32. The molecule has 3 nitrogen and oxygen atoms in total. The van der Waals surface area contributed by atoms with Crippen LogP contribution in [0.5, 0.6) is 0 Å². The number of anilines is 2. The van der Waals surface area contributed by atoms with Gasteiger partial charge in [0, 0.05) is 38.1 Å². The molecule has 1 fully saturated rings. The summed E-state index contributed by atoms with van der Waals surface area (Å²) in [4.78, 5) is 8.17. The van der Waals surface area contributed by atoms with Gasteiger partial charge in [0.1, 0.15) is 5.82 Å². The summed E-state index contributed by atoms with van der Waals surface area (Å²) in [5.41, 5.74) is -0.308. The van der Waals surface area contributed by atoms with Crippen molar-refractivity contribution >= 4 is 11.5 Å². The van der Waals surface area contributed by atoms with Crippen molar-refractivity contribution in [1.29, 1.82) is 0 Å². The Hall–Kier alpha value is -2.24. The Labute approximate surface area is 127 Å². The van der Waals surface area contributed by atoms with E-state index >= 15 is 0 Å². The molecular weight excluding hydrogens is 291 g/mol. The van der Waals surface area contributed by atoms with Crippen LogP contribution in [0.25, 0.3) is 0 Å². The van der Waals surface area contributed by atoms with Crippen molar-refractivity contribution in [3.8, 4) is 0 Å². The van der Waals surface area contributed by atoms with Crippen LogP contribution in [-0.4, -0.2) is 31.2 Å². The molecular formula is C16H16F3N3. The van der Waals surface area contributed by atoms with E-state index in [2.05, 4.69) is 9.88 Å². The zero-order valence-electron chi connectivity index (χ0n) is 11.9. The van der Waals surface area contributed by atoms with E-state index in [0.717, 1.165) is 11.9 Å². The first-order valence-electron chi connectivity index (χ1n) is 7.13. The summed E-state index contributed by atoms with van der Waals surface area (Å²) >= 11 is 0. The molecule has 0 aliphatic carbocycles. The van der Waals surface area contributed by atoms with Gasteiger partial charge in [0.05, 0.1) is 5.56 Å². The van der Waals surface area contributed by atoms with Gasteiger partial charge in [-0.3, -0.25) is 0 Å². The highest BCUT2D eigenvalue weighted by atomic mass is 19.4. The molecule has 0 bridgehead atoms. The van der Waals surface area contributed by atoms with Gasteiger partial charge in [-0.1, -0.05) is 18.2 Å². The van der Waals surface area contributed by atoms with E-state index in [9.17, 15) is 13.2 Å². The fraction of sp³-hybridized carbons (Fsp3) is 0.312.